The molecule has 2 aliphatic heterocycles. The van der Waals surface area contributed by atoms with Gasteiger partial charge in [-0.15, -0.1) is 0 Å². The topological polar surface area (TPSA) is 49.9 Å². The van der Waals surface area contributed by atoms with Crippen molar-refractivity contribution in [1.82, 2.24) is 15.5 Å². The number of nitrogens with zero attached hydrogens (tertiary/aromatic N) is 1. The van der Waals surface area contributed by atoms with Crippen molar-refractivity contribution < 1.29 is 4.74 Å². The summed E-state index contributed by atoms with van der Waals surface area (Å²) in [6.07, 6.45) is 2.54. The molecule has 1 aromatic heterocycles. The lowest BCUT2D eigenvalue weighted by Gasteiger charge is -2.06. The SMILES string of the molecule is C1COC(c2n[nH]c3c2CNC3)C1. The lowest BCUT2D eigenvalue weighted by Crippen LogP contribution is -2.06. The van der Waals surface area contributed by atoms with Gasteiger partial charge < -0.3 is 10.1 Å². The maximum atomic E-state index is 5.61. The predicted molar refractivity (Wildman–Crippen MR) is 47.1 cm³/mol. The summed E-state index contributed by atoms with van der Waals surface area (Å²) in [4.78, 5) is 0. The van der Waals surface area contributed by atoms with Crippen LogP contribution in [0.4, 0.5) is 0 Å². The Morgan fingerprint density at radius 2 is 2.38 bits per heavy atom. The average molecular weight is 179 g/mol. The number of hydrogen-bond donors (Lipinski definition) is 2. The molecule has 0 radical (unpaired) electrons. The molecule has 1 unspecified atom stereocenters. The number of hydrogen-bond acceptors (Lipinski definition) is 3. The number of fused-ring (bicyclic) bond motifs is 1. The molecule has 0 amide bonds. The van der Waals surface area contributed by atoms with Crippen molar-refractivity contribution in [3.63, 3.8) is 0 Å². The Labute approximate surface area is 76.7 Å². The van der Waals surface area contributed by atoms with E-state index in [2.05, 4.69) is 15.5 Å². The highest BCUT2D eigenvalue weighted by atomic mass is 16.5. The average Bonchev–Trinajstić information content (AvgIpc) is 2.79. The minimum Gasteiger partial charge on any atom is -0.372 e. The van der Waals surface area contributed by atoms with E-state index >= 15 is 0 Å². The van der Waals surface area contributed by atoms with Gasteiger partial charge in [-0.3, -0.25) is 5.10 Å². The van der Waals surface area contributed by atoms with Gasteiger partial charge in [0.05, 0.1) is 11.4 Å². The summed E-state index contributed by atoms with van der Waals surface area (Å²) < 4.78 is 5.61. The van der Waals surface area contributed by atoms with E-state index in [-0.39, 0.29) is 6.10 Å². The lowest BCUT2D eigenvalue weighted by molar-refractivity contribution is 0.108. The first-order valence-electron chi connectivity index (χ1n) is 4.83. The van der Waals surface area contributed by atoms with Crippen molar-refractivity contribution in [1.29, 1.82) is 0 Å². The zero-order valence-electron chi connectivity index (χ0n) is 7.47. The summed E-state index contributed by atoms with van der Waals surface area (Å²) in [5, 5.41) is 10.7. The number of rotatable bonds is 1. The quantitative estimate of drug-likeness (QED) is 0.672. The Balaban J connectivity index is 1.95. The number of H-pyrrole nitrogens is 1. The fourth-order valence-corrected chi connectivity index (χ4v) is 2.13. The zero-order valence-corrected chi connectivity index (χ0v) is 7.47. The minimum atomic E-state index is 0.250. The standard InChI is InChI=1S/C9H13N3O/c1-2-8(13-3-1)9-6-4-10-5-7(6)11-12-9/h8,10H,1-5H2,(H,11,12). The molecule has 0 bridgehead atoms. The molecular weight excluding hydrogens is 166 g/mol. The summed E-state index contributed by atoms with van der Waals surface area (Å²) in [5.41, 5.74) is 3.72. The van der Waals surface area contributed by atoms with Gasteiger partial charge in [0.2, 0.25) is 0 Å². The second-order valence-corrected chi connectivity index (χ2v) is 3.67. The third-order valence-electron chi connectivity index (χ3n) is 2.82. The number of ether oxygens (including phenoxy) is 1. The van der Waals surface area contributed by atoms with E-state index in [0.29, 0.717) is 0 Å². The molecule has 13 heavy (non-hydrogen) atoms. The normalized spacial score (nSPS) is 26.6. The van der Waals surface area contributed by atoms with E-state index in [1.54, 1.807) is 0 Å². The van der Waals surface area contributed by atoms with Crippen LogP contribution in [0.3, 0.4) is 0 Å². The van der Waals surface area contributed by atoms with E-state index in [0.717, 1.165) is 31.8 Å². The van der Waals surface area contributed by atoms with Gasteiger partial charge in [0.1, 0.15) is 6.10 Å². The molecule has 0 aliphatic carbocycles. The molecule has 1 atom stereocenters. The van der Waals surface area contributed by atoms with Gasteiger partial charge in [-0.1, -0.05) is 0 Å². The van der Waals surface area contributed by atoms with Crippen molar-refractivity contribution in [2.45, 2.75) is 32.0 Å². The molecule has 3 rings (SSSR count). The number of aromatic amines is 1. The summed E-state index contributed by atoms with van der Waals surface area (Å²) >= 11 is 0. The first kappa shape index (κ1) is 7.53. The molecule has 0 spiro atoms. The van der Waals surface area contributed by atoms with Crippen LogP contribution in [0.15, 0.2) is 0 Å². The van der Waals surface area contributed by atoms with E-state index in [4.69, 9.17) is 4.74 Å². The smallest absolute Gasteiger partial charge is 0.102 e. The van der Waals surface area contributed by atoms with Crippen LogP contribution >= 0.6 is 0 Å². The van der Waals surface area contributed by atoms with Gasteiger partial charge in [-0.2, -0.15) is 5.10 Å². The first-order chi connectivity index (χ1) is 6.45. The lowest BCUT2D eigenvalue weighted by atomic mass is 10.1. The third-order valence-corrected chi connectivity index (χ3v) is 2.82. The van der Waals surface area contributed by atoms with E-state index in [1.807, 2.05) is 0 Å². The van der Waals surface area contributed by atoms with Gasteiger partial charge in [-0.05, 0) is 12.8 Å². The molecule has 2 aliphatic rings. The molecule has 70 valence electrons. The number of nitrogens with one attached hydrogen (secondary N) is 2. The third kappa shape index (κ3) is 1.09. The van der Waals surface area contributed by atoms with Crippen LogP contribution < -0.4 is 5.32 Å². The van der Waals surface area contributed by atoms with Crippen molar-refractivity contribution in [2.75, 3.05) is 6.61 Å². The molecule has 1 saturated heterocycles. The second-order valence-electron chi connectivity index (χ2n) is 3.67. The number of aromatic nitrogens is 2. The summed E-state index contributed by atoms with van der Waals surface area (Å²) in [5.74, 6) is 0. The summed E-state index contributed by atoms with van der Waals surface area (Å²) in [6, 6.07) is 0. The summed E-state index contributed by atoms with van der Waals surface area (Å²) in [6.45, 7) is 2.76. The minimum absolute atomic E-state index is 0.250. The van der Waals surface area contributed by atoms with Crippen LogP contribution in [0.2, 0.25) is 0 Å². The van der Waals surface area contributed by atoms with Gasteiger partial charge in [-0.25, -0.2) is 0 Å². The highest BCUT2D eigenvalue weighted by Crippen LogP contribution is 2.31. The molecular formula is C9H13N3O. The van der Waals surface area contributed by atoms with Crippen LogP contribution in [-0.4, -0.2) is 16.8 Å². The van der Waals surface area contributed by atoms with Crippen molar-refractivity contribution in [3.8, 4) is 0 Å². The van der Waals surface area contributed by atoms with Gasteiger partial charge in [0.15, 0.2) is 0 Å². The van der Waals surface area contributed by atoms with Crippen LogP contribution in [0.1, 0.15) is 35.9 Å². The Morgan fingerprint density at radius 3 is 3.23 bits per heavy atom. The van der Waals surface area contributed by atoms with Crippen LogP contribution in [0.5, 0.6) is 0 Å². The van der Waals surface area contributed by atoms with Crippen molar-refractivity contribution in [2.24, 2.45) is 0 Å². The van der Waals surface area contributed by atoms with Crippen LogP contribution in [0.25, 0.3) is 0 Å². The fourth-order valence-electron chi connectivity index (χ4n) is 2.13. The van der Waals surface area contributed by atoms with E-state index in [1.165, 1.54) is 17.7 Å². The van der Waals surface area contributed by atoms with E-state index < -0.39 is 0 Å². The molecule has 1 fully saturated rings. The predicted octanol–water partition coefficient (Wildman–Crippen LogP) is 0.864. The zero-order chi connectivity index (χ0) is 8.67. The second kappa shape index (κ2) is 2.82. The van der Waals surface area contributed by atoms with Crippen molar-refractivity contribution in [3.05, 3.63) is 17.0 Å². The largest absolute Gasteiger partial charge is 0.372 e. The Kier molecular flexibility index (Phi) is 1.63. The maximum Gasteiger partial charge on any atom is 0.102 e. The maximum absolute atomic E-state index is 5.61. The Morgan fingerprint density at radius 1 is 1.38 bits per heavy atom. The summed E-state index contributed by atoms with van der Waals surface area (Å²) in [7, 11) is 0. The van der Waals surface area contributed by atoms with E-state index in [9.17, 15) is 0 Å². The molecule has 1 aromatic rings. The molecule has 0 aromatic carbocycles. The highest BCUT2D eigenvalue weighted by molar-refractivity contribution is 5.30. The van der Waals surface area contributed by atoms with Gasteiger partial charge in [0.25, 0.3) is 0 Å². The molecule has 3 heterocycles. The molecule has 2 N–H and O–H groups in total. The Bertz CT molecular complexity index is 315. The van der Waals surface area contributed by atoms with Gasteiger partial charge >= 0.3 is 0 Å². The Hall–Kier alpha value is -0.870. The monoisotopic (exact) mass is 179 g/mol. The fraction of sp³-hybridized carbons (Fsp3) is 0.667. The van der Waals surface area contributed by atoms with Crippen molar-refractivity contribution >= 4 is 0 Å². The molecule has 4 nitrogen and oxygen atoms in total. The molecule has 0 saturated carbocycles. The van der Waals surface area contributed by atoms with Crippen LogP contribution in [0, 0.1) is 0 Å². The highest BCUT2D eigenvalue weighted by Gasteiger charge is 2.26. The molecule has 4 heteroatoms. The van der Waals surface area contributed by atoms with Gasteiger partial charge in [0, 0.05) is 25.3 Å². The first-order valence-corrected chi connectivity index (χ1v) is 4.83. The van der Waals surface area contributed by atoms with Crippen LogP contribution in [-0.2, 0) is 17.8 Å².